The van der Waals surface area contributed by atoms with Crippen molar-refractivity contribution >= 4 is 17.4 Å². The predicted molar refractivity (Wildman–Crippen MR) is 92.4 cm³/mol. The summed E-state index contributed by atoms with van der Waals surface area (Å²) in [6.07, 6.45) is 0. The lowest BCUT2D eigenvalue weighted by Crippen LogP contribution is -2.18. The van der Waals surface area contributed by atoms with Gasteiger partial charge in [0.05, 0.1) is 19.4 Å². The minimum Gasteiger partial charge on any atom is -0.506 e. The summed E-state index contributed by atoms with van der Waals surface area (Å²) >= 11 is 0. The van der Waals surface area contributed by atoms with Crippen LogP contribution in [0, 0.1) is 5.41 Å². The van der Waals surface area contributed by atoms with E-state index in [-0.39, 0.29) is 23.7 Å². The lowest BCUT2D eigenvalue weighted by molar-refractivity contribution is -0.137. The van der Waals surface area contributed by atoms with Gasteiger partial charge < -0.3 is 14.6 Å². The van der Waals surface area contributed by atoms with Gasteiger partial charge >= 0.3 is 5.97 Å². The minimum absolute atomic E-state index is 0.0950. The van der Waals surface area contributed by atoms with Gasteiger partial charge in [0.2, 0.25) is 0 Å². The van der Waals surface area contributed by atoms with Crippen LogP contribution < -0.4 is 4.74 Å². The van der Waals surface area contributed by atoms with Crippen LogP contribution in [0.1, 0.15) is 18.1 Å². The van der Waals surface area contributed by atoms with E-state index in [2.05, 4.69) is 0 Å². The molecule has 2 N–H and O–H groups in total. The number of esters is 1. The van der Waals surface area contributed by atoms with E-state index in [1.165, 1.54) is 0 Å². The quantitative estimate of drug-likeness (QED) is 0.368. The smallest absolute Gasteiger partial charge is 0.344 e. The number of ether oxygens (including phenoxy) is 2. The molecule has 2 aromatic rings. The van der Waals surface area contributed by atoms with E-state index in [1.807, 2.05) is 6.07 Å². The fourth-order valence-corrected chi connectivity index (χ4v) is 2.16. The summed E-state index contributed by atoms with van der Waals surface area (Å²) in [4.78, 5) is 12.3. The highest BCUT2D eigenvalue weighted by Gasteiger charge is 2.23. The van der Waals surface area contributed by atoms with Crippen molar-refractivity contribution in [1.29, 1.82) is 5.41 Å². The molecule has 0 aliphatic heterocycles. The summed E-state index contributed by atoms with van der Waals surface area (Å²) in [7, 11) is 1.54. The molecule has 0 atom stereocenters. The SMILES string of the molecule is CCOC(=O)/C(C(=N)c1ccccc1)=C(/O)c1ccc(OC)cc1. The molecular formula is C19H19NO4. The molecule has 0 saturated heterocycles. The third-order valence-corrected chi connectivity index (χ3v) is 3.39. The fraction of sp³-hybridized carbons (Fsp3) is 0.158. The van der Waals surface area contributed by atoms with Crippen molar-refractivity contribution in [3.05, 3.63) is 71.3 Å². The first-order valence-corrected chi connectivity index (χ1v) is 7.47. The number of aliphatic hydroxyl groups excluding tert-OH is 1. The molecule has 24 heavy (non-hydrogen) atoms. The zero-order valence-corrected chi connectivity index (χ0v) is 13.6. The second-order valence-electron chi connectivity index (χ2n) is 4.91. The Morgan fingerprint density at radius 3 is 2.21 bits per heavy atom. The molecule has 0 fully saturated rings. The van der Waals surface area contributed by atoms with Crippen molar-refractivity contribution in [2.45, 2.75) is 6.92 Å². The standard InChI is InChI=1S/C19H19NO4/c1-3-24-19(22)16(17(20)13-7-5-4-6-8-13)18(21)14-9-11-15(23-2)12-10-14/h4-12,20-21H,3H2,1-2H3/b18-16+,20-17?. The third-order valence-electron chi connectivity index (χ3n) is 3.39. The number of aliphatic hydroxyl groups is 1. The largest absolute Gasteiger partial charge is 0.506 e. The molecule has 0 amide bonds. The second-order valence-corrected chi connectivity index (χ2v) is 4.91. The van der Waals surface area contributed by atoms with Gasteiger partial charge in [0.15, 0.2) is 0 Å². The molecule has 2 rings (SSSR count). The molecule has 5 heteroatoms. The van der Waals surface area contributed by atoms with Gasteiger partial charge in [0.1, 0.15) is 17.1 Å². The van der Waals surface area contributed by atoms with Crippen LogP contribution in [0.2, 0.25) is 0 Å². The van der Waals surface area contributed by atoms with E-state index in [0.717, 1.165) is 0 Å². The number of hydrogen-bond donors (Lipinski definition) is 2. The second kappa shape index (κ2) is 7.97. The van der Waals surface area contributed by atoms with Crippen LogP contribution in [0.3, 0.4) is 0 Å². The summed E-state index contributed by atoms with van der Waals surface area (Å²) in [5.74, 6) is -0.410. The summed E-state index contributed by atoms with van der Waals surface area (Å²) in [6.45, 7) is 1.83. The number of carbonyl (C=O) groups excluding carboxylic acids is 1. The van der Waals surface area contributed by atoms with Crippen molar-refractivity contribution in [3.8, 4) is 5.75 Å². The van der Waals surface area contributed by atoms with E-state index in [9.17, 15) is 9.90 Å². The van der Waals surface area contributed by atoms with Gasteiger partial charge in [0.25, 0.3) is 0 Å². The van der Waals surface area contributed by atoms with Crippen molar-refractivity contribution in [2.24, 2.45) is 0 Å². The molecule has 0 heterocycles. The van der Waals surface area contributed by atoms with Crippen LogP contribution in [0.25, 0.3) is 5.76 Å². The lowest BCUT2D eigenvalue weighted by Gasteiger charge is -2.12. The maximum Gasteiger partial charge on any atom is 0.344 e. The van der Waals surface area contributed by atoms with Gasteiger partial charge in [-0.3, -0.25) is 5.41 Å². The molecular weight excluding hydrogens is 306 g/mol. The van der Waals surface area contributed by atoms with Crippen LogP contribution in [-0.4, -0.2) is 30.5 Å². The zero-order valence-electron chi connectivity index (χ0n) is 13.6. The Balaban J connectivity index is 2.51. The summed E-state index contributed by atoms with van der Waals surface area (Å²) < 4.78 is 10.1. The van der Waals surface area contributed by atoms with Crippen molar-refractivity contribution < 1.29 is 19.4 Å². The van der Waals surface area contributed by atoms with Crippen LogP contribution in [0.15, 0.2) is 60.2 Å². The van der Waals surface area contributed by atoms with E-state index < -0.39 is 5.97 Å². The minimum atomic E-state index is -0.736. The van der Waals surface area contributed by atoms with Gasteiger partial charge in [-0.05, 0) is 31.2 Å². The number of hydrogen-bond acceptors (Lipinski definition) is 5. The molecule has 2 aromatic carbocycles. The Hall–Kier alpha value is -3.08. The van der Waals surface area contributed by atoms with Crippen LogP contribution in [0.4, 0.5) is 0 Å². The van der Waals surface area contributed by atoms with Crippen molar-refractivity contribution in [1.82, 2.24) is 0 Å². The first-order chi connectivity index (χ1) is 11.6. The van der Waals surface area contributed by atoms with Gasteiger partial charge in [-0.2, -0.15) is 0 Å². The van der Waals surface area contributed by atoms with E-state index in [1.54, 1.807) is 62.6 Å². The maximum absolute atomic E-state index is 12.3. The molecule has 0 saturated carbocycles. The third kappa shape index (κ3) is 3.81. The molecule has 0 bridgehead atoms. The van der Waals surface area contributed by atoms with Crippen LogP contribution >= 0.6 is 0 Å². The first-order valence-electron chi connectivity index (χ1n) is 7.47. The molecule has 124 valence electrons. The topological polar surface area (TPSA) is 79.6 Å². The average Bonchev–Trinajstić information content (AvgIpc) is 2.62. The number of carbonyl (C=O) groups is 1. The van der Waals surface area contributed by atoms with Gasteiger partial charge in [0, 0.05) is 11.1 Å². The number of benzene rings is 2. The van der Waals surface area contributed by atoms with E-state index in [4.69, 9.17) is 14.9 Å². The van der Waals surface area contributed by atoms with Gasteiger partial charge in [-0.1, -0.05) is 30.3 Å². The molecule has 0 unspecified atom stereocenters. The average molecular weight is 325 g/mol. The maximum atomic E-state index is 12.3. The first kappa shape index (κ1) is 17.3. The lowest BCUT2D eigenvalue weighted by atomic mass is 9.98. The molecule has 0 radical (unpaired) electrons. The molecule has 5 nitrogen and oxygen atoms in total. The molecule has 0 aromatic heterocycles. The normalized spacial score (nSPS) is 11.4. The summed E-state index contributed by atoms with van der Waals surface area (Å²) in [5, 5.41) is 18.9. The number of rotatable bonds is 6. The molecule has 0 aliphatic rings. The van der Waals surface area contributed by atoms with Gasteiger partial charge in [-0.15, -0.1) is 0 Å². The van der Waals surface area contributed by atoms with Crippen molar-refractivity contribution in [2.75, 3.05) is 13.7 Å². The number of nitrogens with one attached hydrogen (secondary N) is 1. The van der Waals surface area contributed by atoms with Gasteiger partial charge in [-0.25, -0.2) is 4.79 Å². The van der Waals surface area contributed by atoms with Crippen LogP contribution in [0.5, 0.6) is 5.75 Å². The highest BCUT2D eigenvalue weighted by atomic mass is 16.5. The predicted octanol–water partition coefficient (Wildman–Crippen LogP) is 3.60. The monoisotopic (exact) mass is 325 g/mol. The van der Waals surface area contributed by atoms with E-state index in [0.29, 0.717) is 16.9 Å². The van der Waals surface area contributed by atoms with E-state index >= 15 is 0 Å². The Morgan fingerprint density at radius 1 is 1.04 bits per heavy atom. The Morgan fingerprint density at radius 2 is 1.67 bits per heavy atom. The highest BCUT2D eigenvalue weighted by molar-refractivity contribution is 6.29. The Labute approximate surface area is 140 Å². The summed E-state index contributed by atoms with van der Waals surface area (Å²) in [6, 6.07) is 15.3. The Bertz CT molecular complexity index is 749. The highest BCUT2D eigenvalue weighted by Crippen LogP contribution is 2.23. The van der Waals surface area contributed by atoms with Crippen LogP contribution in [-0.2, 0) is 9.53 Å². The molecule has 0 spiro atoms. The fourth-order valence-electron chi connectivity index (χ4n) is 2.16. The summed E-state index contributed by atoms with van der Waals surface area (Å²) in [5.41, 5.74) is 0.649. The zero-order chi connectivity index (χ0) is 17.5. The Kier molecular flexibility index (Phi) is 5.73. The number of methoxy groups -OCH3 is 1. The molecule has 0 aliphatic carbocycles. The van der Waals surface area contributed by atoms with Crippen molar-refractivity contribution in [3.63, 3.8) is 0 Å².